The van der Waals surface area contributed by atoms with Crippen molar-refractivity contribution in [2.75, 3.05) is 19.3 Å². The first-order valence-corrected chi connectivity index (χ1v) is 14.3. The zero-order valence-electron chi connectivity index (χ0n) is 22.6. The number of hydrogen-bond donors (Lipinski definition) is 0. The number of ether oxygens (including phenoxy) is 2. The van der Waals surface area contributed by atoms with Gasteiger partial charge in [0.05, 0.1) is 25.6 Å². The molecule has 0 radical (unpaired) electrons. The summed E-state index contributed by atoms with van der Waals surface area (Å²) in [5.41, 5.74) is 0.256. The molecule has 1 aliphatic heterocycles. The average Bonchev–Trinajstić information content (AvgIpc) is 3.04. The van der Waals surface area contributed by atoms with Crippen molar-refractivity contribution in [3.05, 3.63) is 129 Å². The molecular formula is C32H24Br2N4O4. The number of anilines is 1. The molecule has 0 spiro atoms. The lowest BCUT2D eigenvalue weighted by Crippen LogP contribution is -2.59. The van der Waals surface area contributed by atoms with Crippen molar-refractivity contribution in [3.8, 4) is 0 Å². The minimum absolute atomic E-state index is 0.188. The molecule has 0 atom stereocenters. The zero-order chi connectivity index (χ0) is 29.7. The first-order valence-electron chi connectivity index (χ1n) is 12.7. The smallest absolute Gasteiger partial charge is 0.354 e. The van der Waals surface area contributed by atoms with Gasteiger partial charge >= 0.3 is 11.9 Å². The van der Waals surface area contributed by atoms with E-state index in [1.165, 1.54) is 19.3 Å². The Morgan fingerprint density at radius 1 is 0.690 bits per heavy atom. The van der Waals surface area contributed by atoms with E-state index in [4.69, 9.17) is 24.7 Å². The van der Waals surface area contributed by atoms with Gasteiger partial charge in [0.1, 0.15) is 11.4 Å². The van der Waals surface area contributed by atoms with Crippen LogP contribution in [0.3, 0.4) is 0 Å². The number of methoxy groups -OCH3 is 2. The number of nitrogens with zero attached hydrogens (tertiary/aromatic N) is 4. The number of rotatable bonds is 7. The lowest BCUT2D eigenvalue weighted by Gasteiger charge is -2.38. The van der Waals surface area contributed by atoms with Crippen molar-refractivity contribution in [3.63, 3.8) is 0 Å². The predicted molar refractivity (Wildman–Crippen MR) is 170 cm³/mol. The molecule has 0 fully saturated rings. The van der Waals surface area contributed by atoms with Crippen molar-refractivity contribution in [1.82, 2.24) is 0 Å². The quantitative estimate of drug-likeness (QED) is 0.155. The maximum absolute atomic E-state index is 14.3. The molecule has 1 aliphatic rings. The van der Waals surface area contributed by atoms with E-state index in [2.05, 4.69) is 31.9 Å². The summed E-state index contributed by atoms with van der Waals surface area (Å²) in [5, 5.41) is 11.2. The Morgan fingerprint density at radius 3 is 1.62 bits per heavy atom. The summed E-state index contributed by atoms with van der Waals surface area (Å²) in [4.78, 5) is 32.8. The number of aliphatic imine (C=N–C) groups is 1. The Bertz CT molecular complexity index is 1630. The van der Waals surface area contributed by atoms with E-state index in [0.29, 0.717) is 22.5 Å². The molecule has 0 unspecified atom stereocenters. The second-order valence-corrected chi connectivity index (χ2v) is 10.9. The Hall–Kier alpha value is -4.41. The first kappa shape index (κ1) is 29.1. The van der Waals surface area contributed by atoms with Crippen LogP contribution in [-0.2, 0) is 19.1 Å². The third-order valence-electron chi connectivity index (χ3n) is 6.54. The van der Waals surface area contributed by atoms with Crippen LogP contribution in [-0.4, -0.2) is 43.3 Å². The van der Waals surface area contributed by atoms with Crippen LogP contribution in [0.1, 0.15) is 11.1 Å². The highest BCUT2D eigenvalue weighted by atomic mass is 79.9. The van der Waals surface area contributed by atoms with Crippen molar-refractivity contribution < 1.29 is 19.1 Å². The van der Waals surface area contributed by atoms with Crippen LogP contribution in [0.4, 0.5) is 11.4 Å². The summed E-state index contributed by atoms with van der Waals surface area (Å²) < 4.78 is 12.4. The molecule has 0 aromatic heterocycles. The standard InChI is InChI=1S/C32H24Br2N4O4/c1-41-30(39)29(35-25-17-13-23(33)14-18-25)32(31(40)42-2)27(21-9-5-3-6-10-21)36-38(26-19-15-24(34)16-20-26)37-28(32)22-11-7-4-8-12-22/h3-20H,1-2H3. The molecule has 5 rings (SSSR count). The fraction of sp³-hybridized carbons (Fsp3) is 0.0938. The van der Waals surface area contributed by atoms with Crippen LogP contribution < -0.4 is 5.12 Å². The third-order valence-corrected chi connectivity index (χ3v) is 7.60. The fourth-order valence-corrected chi connectivity index (χ4v) is 5.12. The molecule has 0 aliphatic carbocycles. The van der Waals surface area contributed by atoms with Crippen molar-refractivity contribution >= 4 is 72.3 Å². The minimum Gasteiger partial charge on any atom is -0.468 e. The van der Waals surface area contributed by atoms with Crippen LogP contribution in [0.15, 0.2) is 133 Å². The van der Waals surface area contributed by atoms with Gasteiger partial charge in [0.25, 0.3) is 0 Å². The molecule has 0 saturated heterocycles. The monoisotopic (exact) mass is 686 g/mol. The van der Waals surface area contributed by atoms with E-state index in [1.54, 1.807) is 48.5 Å². The van der Waals surface area contributed by atoms with E-state index in [9.17, 15) is 9.59 Å². The molecule has 10 heteroatoms. The van der Waals surface area contributed by atoms with E-state index in [1.807, 2.05) is 60.7 Å². The lowest BCUT2D eigenvalue weighted by atomic mass is 9.69. The highest BCUT2D eigenvalue weighted by molar-refractivity contribution is 9.10. The maximum atomic E-state index is 14.3. The number of halogens is 2. The van der Waals surface area contributed by atoms with Gasteiger partial charge in [0, 0.05) is 8.95 Å². The van der Waals surface area contributed by atoms with Crippen LogP contribution in [0.5, 0.6) is 0 Å². The molecule has 42 heavy (non-hydrogen) atoms. The first-order chi connectivity index (χ1) is 20.4. The Labute approximate surface area is 259 Å². The largest absolute Gasteiger partial charge is 0.468 e. The molecule has 0 amide bonds. The van der Waals surface area contributed by atoms with Crippen LogP contribution in [0, 0.1) is 5.41 Å². The van der Waals surface area contributed by atoms with Crippen molar-refractivity contribution in [2.45, 2.75) is 0 Å². The summed E-state index contributed by atoms with van der Waals surface area (Å²) >= 11 is 6.90. The van der Waals surface area contributed by atoms with Gasteiger partial charge in [-0.2, -0.15) is 15.3 Å². The highest BCUT2D eigenvalue weighted by Gasteiger charge is 2.60. The van der Waals surface area contributed by atoms with Gasteiger partial charge in [-0.1, -0.05) is 92.5 Å². The molecule has 0 bridgehead atoms. The summed E-state index contributed by atoms with van der Waals surface area (Å²) in [7, 11) is 2.49. The Morgan fingerprint density at radius 2 is 1.17 bits per heavy atom. The summed E-state index contributed by atoms with van der Waals surface area (Å²) in [6.07, 6.45) is 0. The highest BCUT2D eigenvalue weighted by Crippen LogP contribution is 2.39. The molecule has 8 nitrogen and oxygen atoms in total. The second kappa shape index (κ2) is 12.6. The van der Waals surface area contributed by atoms with Gasteiger partial charge in [-0.05, 0) is 59.7 Å². The summed E-state index contributed by atoms with van der Waals surface area (Å²) in [5.74, 6) is -1.64. The topological polar surface area (TPSA) is 92.9 Å². The van der Waals surface area contributed by atoms with Crippen LogP contribution in [0.25, 0.3) is 0 Å². The molecule has 1 heterocycles. The number of carbonyl (C=O) groups excluding carboxylic acids is 2. The Balaban J connectivity index is 1.92. The lowest BCUT2D eigenvalue weighted by molar-refractivity contribution is -0.144. The van der Waals surface area contributed by atoms with E-state index in [-0.39, 0.29) is 17.1 Å². The molecule has 0 saturated carbocycles. The van der Waals surface area contributed by atoms with Crippen LogP contribution in [0.2, 0.25) is 0 Å². The fourth-order valence-electron chi connectivity index (χ4n) is 4.60. The minimum atomic E-state index is -2.02. The summed E-state index contributed by atoms with van der Waals surface area (Å²) in [6, 6.07) is 32.6. The van der Waals surface area contributed by atoms with Gasteiger partial charge < -0.3 is 9.47 Å². The van der Waals surface area contributed by atoms with E-state index >= 15 is 0 Å². The molecule has 0 N–H and O–H groups in total. The van der Waals surface area contributed by atoms with Gasteiger partial charge in [-0.15, -0.1) is 0 Å². The van der Waals surface area contributed by atoms with E-state index in [0.717, 1.165) is 8.95 Å². The molecule has 4 aromatic rings. The van der Waals surface area contributed by atoms with Gasteiger partial charge in [-0.3, -0.25) is 4.79 Å². The number of hydrogen-bond acceptors (Lipinski definition) is 8. The van der Waals surface area contributed by atoms with Gasteiger partial charge in [0.2, 0.25) is 5.41 Å². The molecular weight excluding hydrogens is 664 g/mol. The average molecular weight is 688 g/mol. The predicted octanol–water partition coefficient (Wildman–Crippen LogP) is 6.95. The van der Waals surface area contributed by atoms with E-state index < -0.39 is 17.4 Å². The Kier molecular flexibility index (Phi) is 8.75. The normalized spacial score (nSPS) is 14.5. The van der Waals surface area contributed by atoms with Crippen molar-refractivity contribution in [2.24, 2.45) is 20.6 Å². The maximum Gasteiger partial charge on any atom is 0.354 e. The van der Waals surface area contributed by atoms with Crippen LogP contribution >= 0.6 is 31.9 Å². The van der Waals surface area contributed by atoms with Gasteiger partial charge in [0.15, 0.2) is 5.71 Å². The SMILES string of the molecule is COC(=O)C(=Nc1ccc(Br)cc1)C1(C(=O)OC)C(c2ccccc2)=NN(c2ccc(Br)cc2)N=C1c1ccccc1. The van der Waals surface area contributed by atoms with Gasteiger partial charge in [-0.25, -0.2) is 9.79 Å². The number of benzene rings is 4. The molecule has 210 valence electrons. The zero-order valence-corrected chi connectivity index (χ0v) is 25.7. The second-order valence-electron chi connectivity index (χ2n) is 9.07. The number of carbonyl (C=O) groups is 2. The number of esters is 2. The summed E-state index contributed by atoms with van der Waals surface area (Å²) in [6.45, 7) is 0. The number of hydrazone groups is 2. The molecule has 4 aromatic carbocycles. The van der Waals surface area contributed by atoms with Crippen molar-refractivity contribution in [1.29, 1.82) is 0 Å². The third kappa shape index (κ3) is 5.55.